The van der Waals surface area contributed by atoms with Crippen LogP contribution < -0.4 is 5.32 Å². The first-order valence-electron chi connectivity index (χ1n) is 7.17. The fourth-order valence-corrected chi connectivity index (χ4v) is 1.89. The van der Waals surface area contributed by atoms with Crippen LogP contribution in [0.15, 0.2) is 0 Å². The van der Waals surface area contributed by atoms with Crippen LogP contribution in [0.4, 0.5) is 0 Å². The van der Waals surface area contributed by atoms with E-state index in [2.05, 4.69) is 24.1 Å². The van der Waals surface area contributed by atoms with Crippen molar-refractivity contribution >= 4 is 5.97 Å². The van der Waals surface area contributed by atoms with Crippen molar-refractivity contribution in [2.45, 2.75) is 39.7 Å². The first-order valence-corrected chi connectivity index (χ1v) is 7.17. The maximum absolute atomic E-state index is 12.0. The van der Waals surface area contributed by atoms with Crippen LogP contribution in [0, 0.1) is 0 Å². The van der Waals surface area contributed by atoms with E-state index in [-0.39, 0.29) is 5.97 Å². The van der Waals surface area contributed by atoms with Gasteiger partial charge < -0.3 is 19.7 Å². The lowest BCUT2D eigenvalue weighted by Crippen LogP contribution is -2.53. The number of ether oxygens (including phenoxy) is 2. The van der Waals surface area contributed by atoms with Gasteiger partial charge in [-0.2, -0.15) is 0 Å². The first kappa shape index (κ1) is 18.4. The van der Waals surface area contributed by atoms with Crippen LogP contribution in [0.3, 0.4) is 0 Å². The fourth-order valence-electron chi connectivity index (χ4n) is 1.89. The van der Waals surface area contributed by atoms with E-state index in [0.717, 1.165) is 26.2 Å². The quantitative estimate of drug-likeness (QED) is 0.575. The summed E-state index contributed by atoms with van der Waals surface area (Å²) in [7, 11) is 1.64. The lowest BCUT2D eigenvalue weighted by Gasteiger charge is -2.29. The summed E-state index contributed by atoms with van der Waals surface area (Å²) in [6.45, 7) is 12.6. The number of carbonyl (C=O) groups is 1. The van der Waals surface area contributed by atoms with Crippen LogP contribution in [-0.2, 0) is 14.3 Å². The number of hydrogen-bond acceptors (Lipinski definition) is 5. The summed E-state index contributed by atoms with van der Waals surface area (Å²) < 4.78 is 10.2. The van der Waals surface area contributed by atoms with Gasteiger partial charge in [-0.15, -0.1) is 0 Å². The highest BCUT2D eigenvalue weighted by atomic mass is 16.5. The summed E-state index contributed by atoms with van der Waals surface area (Å²) in [6.07, 6.45) is 0.612. The molecule has 19 heavy (non-hydrogen) atoms. The van der Waals surface area contributed by atoms with E-state index >= 15 is 0 Å². The molecular weight excluding hydrogens is 244 g/mol. The molecule has 0 aliphatic heterocycles. The zero-order valence-electron chi connectivity index (χ0n) is 13.1. The predicted molar refractivity (Wildman–Crippen MR) is 77.3 cm³/mol. The molecule has 5 heteroatoms. The number of likely N-dealkylation sites (N-methyl/N-ethyl adjacent to an activating group) is 1. The molecule has 0 saturated heterocycles. The second kappa shape index (κ2) is 10.2. The minimum Gasteiger partial charge on any atom is -0.465 e. The van der Waals surface area contributed by atoms with Gasteiger partial charge in [0, 0.05) is 26.8 Å². The molecule has 0 radical (unpaired) electrons. The van der Waals surface area contributed by atoms with Crippen LogP contribution in [-0.4, -0.2) is 62.9 Å². The second-order valence-corrected chi connectivity index (χ2v) is 4.75. The molecule has 0 fully saturated rings. The molecule has 114 valence electrons. The molecular formula is C14H30N2O3. The Morgan fingerprint density at radius 1 is 1.26 bits per heavy atom. The largest absolute Gasteiger partial charge is 0.465 e. The van der Waals surface area contributed by atoms with Crippen molar-refractivity contribution in [2.24, 2.45) is 0 Å². The Hall–Kier alpha value is -0.650. The maximum atomic E-state index is 12.0. The minimum absolute atomic E-state index is 0.202. The highest BCUT2D eigenvalue weighted by Crippen LogP contribution is 2.12. The van der Waals surface area contributed by atoms with E-state index in [1.807, 2.05) is 13.8 Å². The Bertz CT molecular complexity index is 245. The summed E-state index contributed by atoms with van der Waals surface area (Å²) in [5, 5.41) is 3.32. The summed E-state index contributed by atoms with van der Waals surface area (Å²) in [5.74, 6) is -0.202. The molecule has 0 aromatic rings. The number of hydrogen-bond donors (Lipinski definition) is 1. The normalized spacial score (nSPS) is 14.4. The highest BCUT2D eigenvalue weighted by Gasteiger charge is 2.33. The molecule has 0 aliphatic carbocycles. The molecule has 0 heterocycles. The Labute approximate surface area is 117 Å². The van der Waals surface area contributed by atoms with Crippen molar-refractivity contribution in [3.8, 4) is 0 Å². The van der Waals surface area contributed by atoms with Crippen molar-refractivity contribution in [3.05, 3.63) is 0 Å². The van der Waals surface area contributed by atoms with Crippen molar-refractivity contribution in [3.63, 3.8) is 0 Å². The van der Waals surface area contributed by atoms with Crippen LogP contribution in [0.25, 0.3) is 0 Å². The topological polar surface area (TPSA) is 50.8 Å². The van der Waals surface area contributed by atoms with Crippen LogP contribution in [0.5, 0.6) is 0 Å². The van der Waals surface area contributed by atoms with Crippen molar-refractivity contribution in [1.29, 1.82) is 0 Å². The fraction of sp³-hybridized carbons (Fsp3) is 0.929. The molecule has 0 aromatic carbocycles. The summed E-state index contributed by atoms with van der Waals surface area (Å²) in [6, 6.07) is 0. The van der Waals surface area contributed by atoms with Gasteiger partial charge in [-0.05, 0) is 33.4 Å². The van der Waals surface area contributed by atoms with Gasteiger partial charge in [0.2, 0.25) is 0 Å². The molecule has 1 unspecified atom stereocenters. The third kappa shape index (κ3) is 6.89. The van der Waals surface area contributed by atoms with E-state index in [9.17, 15) is 4.79 Å². The number of esters is 1. The molecule has 1 N–H and O–H groups in total. The second-order valence-electron chi connectivity index (χ2n) is 4.75. The van der Waals surface area contributed by atoms with Gasteiger partial charge >= 0.3 is 5.97 Å². The smallest absolute Gasteiger partial charge is 0.326 e. The Balaban J connectivity index is 4.37. The predicted octanol–water partition coefficient (Wildman–Crippen LogP) is 1.28. The average Bonchev–Trinajstić information content (AvgIpc) is 2.41. The van der Waals surface area contributed by atoms with E-state index in [1.165, 1.54) is 0 Å². The number of nitrogens with one attached hydrogen (secondary N) is 1. The van der Waals surface area contributed by atoms with E-state index < -0.39 is 5.54 Å². The molecule has 1 atom stereocenters. The number of rotatable bonds is 11. The van der Waals surface area contributed by atoms with Crippen LogP contribution in [0.1, 0.15) is 34.1 Å². The third-order valence-corrected chi connectivity index (χ3v) is 3.37. The van der Waals surface area contributed by atoms with Gasteiger partial charge in [-0.1, -0.05) is 13.8 Å². The minimum atomic E-state index is -0.667. The number of nitrogens with zero attached hydrogens (tertiary/aromatic N) is 1. The molecule has 0 amide bonds. The first-order chi connectivity index (χ1) is 9.03. The molecule has 0 aromatic heterocycles. The zero-order valence-corrected chi connectivity index (χ0v) is 13.1. The zero-order chi connectivity index (χ0) is 14.7. The Morgan fingerprint density at radius 2 is 1.89 bits per heavy atom. The van der Waals surface area contributed by atoms with Crippen LogP contribution >= 0.6 is 0 Å². The Morgan fingerprint density at radius 3 is 2.37 bits per heavy atom. The van der Waals surface area contributed by atoms with Gasteiger partial charge in [-0.3, -0.25) is 4.79 Å². The molecule has 0 saturated carbocycles. The lowest BCUT2D eigenvalue weighted by molar-refractivity contribution is -0.151. The Kier molecular flexibility index (Phi) is 9.83. The lowest BCUT2D eigenvalue weighted by atomic mass is 9.98. The van der Waals surface area contributed by atoms with Gasteiger partial charge in [0.25, 0.3) is 0 Å². The molecule has 0 bridgehead atoms. The SMILES string of the molecule is CCOC(=O)C(C)(CCOC)NCCN(CC)CC. The molecule has 5 nitrogen and oxygen atoms in total. The maximum Gasteiger partial charge on any atom is 0.326 e. The van der Waals surface area contributed by atoms with Gasteiger partial charge in [0.1, 0.15) is 5.54 Å². The van der Waals surface area contributed by atoms with Gasteiger partial charge in [-0.25, -0.2) is 0 Å². The standard InChI is InChI=1S/C14H30N2O3/c1-6-16(7-2)11-10-15-14(4,9-12-18-5)13(17)19-8-3/h15H,6-12H2,1-5H3. The van der Waals surface area contributed by atoms with Crippen molar-refractivity contribution in [1.82, 2.24) is 10.2 Å². The molecule has 0 rings (SSSR count). The van der Waals surface area contributed by atoms with Gasteiger partial charge in [0.05, 0.1) is 6.61 Å². The highest BCUT2D eigenvalue weighted by molar-refractivity contribution is 5.80. The monoisotopic (exact) mass is 274 g/mol. The van der Waals surface area contributed by atoms with Crippen molar-refractivity contribution < 1.29 is 14.3 Å². The number of methoxy groups -OCH3 is 1. The average molecular weight is 274 g/mol. The van der Waals surface area contributed by atoms with E-state index in [4.69, 9.17) is 9.47 Å². The summed E-state index contributed by atoms with van der Waals surface area (Å²) in [4.78, 5) is 14.3. The summed E-state index contributed by atoms with van der Waals surface area (Å²) in [5.41, 5.74) is -0.667. The van der Waals surface area contributed by atoms with E-state index in [0.29, 0.717) is 19.6 Å². The van der Waals surface area contributed by atoms with Crippen LogP contribution in [0.2, 0.25) is 0 Å². The van der Waals surface area contributed by atoms with Crippen molar-refractivity contribution in [2.75, 3.05) is 46.5 Å². The van der Waals surface area contributed by atoms with Gasteiger partial charge in [0.15, 0.2) is 0 Å². The third-order valence-electron chi connectivity index (χ3n) is 3.37. The summed E-state index contributed by atoms with van der Waals surface area (Å²) >= 11 is 0. The molecule has 0 spiro atoms. The molecule has 0 aliphatic rings. The number of carbonyl (C=O) groups excluding carboxylic acids is 1. The van der Waals surface area contributed by atoms with E-state index in [1.54, 1.807) is 7.11 Å².